The van der Waals surface area contributed by atoms with Crippen molar-refractivity contribution in [2.75, 3.05) is 44.0 Å². The van der Waals surface area contributed by atoms with Crippen LogP contribution in [-0.2, 0) is 0 Å². The van der Waals surface area contributed by atoms with Crippen LogP contribution in [0.3, 0.4) is 0 Å². The van der Waals surface area contributed by atoms with Gasteiger partial charge in [-0.15, -0.1) is 0 Å². The summed E-state index contributed by atoms with van der Waals surface area (Å²) in [6.07, 6.45) is 1.82. The van der Waals surface area contributed by atoms with E-state index in [2.05, 4.69) is 15.2 Å². The molecule has 3 heterocycles. The summed E-state index contributed by atoms with van der Waals surface area (Å²) >= 11 is 0. The SMILES string of the molecule is CNC(=O)c1c(-c2ccc(F)cc2)oc2cc(N(C)C)c([C@H]3CCCN(c4nc5c(F)cccc5o4)C3)cc12. The number of piperidine rings is 1. The van der Waals surface area contributed by atoms with Gasteiger partial charge in [-0.05, 0) is 60.9 Å². The minimum atomic E-state index is -0.407. The summed E-state index contributed by atoms with van der Waals surface area (Å²) in [4.78, 5) is 21.6. The van der Waals surface area contributed by atoms with Crippen LogP contribution in [0.2, 0.25) is 0 Å². The Balaban J connectivity index is 1.45. The van der Waals surface area contributed by atoms with E-state index in [4.69, 9.17) is 8.83 Å². The van der Waals surface area contributed by atoms with E-state index in [1.54, 1.807) is 31.3 Å². The highest BCUT2D eigenvalue weighted by atomic mass is 19.1. The summed E-state index contributed by atoms with van der Waals surface area (Å²) in [5.74, 6) is -0.561. The number of nitrogens with zero attached hydrogens (tertiary/aromatic N) is 3. The monoisotopic (exact) mass is 530 g/mol. The molecule has 6 rings (SSSR count). The molecule has 200 valence electrons. The van der Waals surface area contributed by atoms with Gasteiger partial charge < -0.3 is 24.0 Å². The van der Waals surface area contributed by atoms with Crippen LogP contribution in [0.25, 0.3) is 33.4 Å². The molecule has 1 amide bonds. The number of anilines is 2. The number of para-hydroxylation sites is 1. The number of furan rings is 1. The van der Waals surface area contributed by atoms with Crippen molar-refractivity contribution in [3.8, 4) is 11.3 Å². The lowest BCUT2D eigenvalue weighted by Crippen LogP contribution is -2.35. The van der Waals surface area contributed by atoms with Gasteiger partial charge in [-0.2, -0.15) is 4.98 Å². The van der Waals surface area contributed by atoms with Gasteiger partial charge in [0.25, 0.3) is 11.9 Å². The summed E-state index contributed by atoms with van der Waals surface area (Å²) in [5.41, 5.74) is 4.29. The number of benzene rings is 3. The molecule has 7 nitrogen and oxygen atoms in total. The molecule has 0 aliphatic carbocycles. The molecular weight excluding hydrogens is 502 g/mol. The summed E-state index contributed by atoms with van der Waals surface area (Å²) in [6, 6.07) is 15.0. The van der Waals surface area contributed by atoms with E-state index in [0.717, 1.165) is 30.6 Å². The Morgan fingerprint density at radius 3 is 2.59 bits per heavy atom. The first-order chi connectivity index (χ1) is 18.8. The lowest BCUT2D eigenvalue weighted by Gasteiger charge is -2.33. The van der Waals surface area contributed by atoms with Crippen molar-refractivity contribution in [3.05, 3.63) is 77.4 Å². The van der Waals surface area contributed by atoms with Crippen molar-refractivity contribution < 1.29 is 22.4 Å². The second kappa shape index (κ2) is 9.72. The number of fused-ring (bicyclic) bond motifs is 2. The second-order valence-electron chi connectivity index (χ2n) is 10.1. The zero-order chi connectivity index (χ0) is 27.3. The average Bonchev–Trinajstić information content (AvgIpc) is 3.55. The lowest BCUT2D eigenvalue weighted by molar-refractivity contribution is 0.0964. The Kier molecular flexibility index (Phi) is 6.21. The highest BCUT2D eigenvalue weighted by Gasteiger charge is 2.30. The maximum absolute atomic E-state index is 14.3. The van der Waals surface area contributed by atoms with Crippen LogP contribution in [-0.4, -0.2) is 45.1 Å². The predicted molar refractivity (Wildman–Crippen MR) is 147 cm³/mol. The Morgan fingerprint density at radius 1 is 1.08 bits per heavy atom. The molecule has 1 saturated heterocycles. The van der Waals surface area contributed by atoms with Crippen LogP contribution in [0, 0.1) is 11.6 Å². The topological polar surface area (TPSA) is 74.8 Å². The first-order valence-electron chi connectivity index (χ1n) is 12.9. The van der Waals surface area contributed by atoms with Crippen LogP contribution < -0.4 is 15.1 Å². The van der Waals surface area contributed by atoms with E-state index in [-0.39, 0.29) is 23.2 Å². The molecular formula is C30H28F2N4O3. The largest absolute Gasteiger partial charge is 0.455 e. The maximum atomic E-state index is 14.3. The van der Waals surface area contributed by atoms with Crippen LogP contribution >= 0.6 is 0 Å². The number of halogens is 2. The Labute approximate surface area is 224 Å². The first-order valence-corrected chi connectivity index (χ1v) is 12.9. The predicted octanol–water partition coefficient (Wildman–Crippen LogP) is 6.33. The van der Waals surface area contributed by atoms with E-state index in [1.807, 2.05) is 31.1 Å². The third kappa shape index (κ3) is 4.37. The number of carbonyl (C=O) groups excluding carboxylic acids is 1. The van der Waals surface area contributed by atoms with Gasteiger partial charge in [0.15, 0.2) is 11.4 Å². The van der Waals surface area contributed by atoms with Crippen molar-refractivity contribution in [1.29, 1.82) is 0 Å². The Bertz CT molecular complexity index is 1690. The molecule has 39 heavy (non-hydrogen) atoms. The first kappa shape index (κ1) is 24.9. The van der Waals surface area contributed by atoms with Crippen molar-refractivity contribution in [3.63, 3.8) is 0 Å². The molecule has 0 saturated carbocycles. The molecule has 1 fully saturated rings. The van der Waals surface area contributed by atoms with Crippen molar-refractivity contribution in [2.45, 2.75) is 18.8 Å². The molecule has 0 unspecified atom stereocenters. The van der Waals surface area contributed by atoms with Crippen molar-refractivity contribution >= 4 is 39.7 Å². The molecule has 0 spiro atoms. The van der Waals surface area contributed by atoms with Crippen LogP contribution in [0.15, 0.2) is 63.4 Å². The summed E-state index contributed by atoms with van der Waals surface area (Å²) < 4.78 is 40.0. The van der Waals surface area contributed by atoms with Gasteiger partial charge in [0.05, 0.1) is 5.56 Å². The highest BCUT2D eigenvalue weighted by molar-refractivity contribution is 6.11. The van der Waals surface area contributed by atoms with Gasteiger partial charge in [0.2, 0.25) is 0 Å². The number of carbonyl (C=O) groups is 1. The van der Waals surface area contributed by atoms with Crippen molar-refractivity contribution in [1.82, 2.24) is 10.3 Å². The molecule has 0 radical (unpaired) electrons. The lowest BCUT2D eigenvalue weighted by atomic mass is 9.88. The zero-order valence-electron chi connectivity index (χ0n) is 21.9. The number of amides is 1. The summed E-state index contributed by atoms with van der Waals surface area (Å²) in [6.45, 7) is 1.37. The van der Waals surface area contributed by atoms with Crippen LogP contribution in [0.1, 0.15) is 34.7 Å². The van der Waals surface area contributed by atoms with Gasteiger partial charge >= 0.3 is 0 Å². The number of hydrogen-bond donors (Lipinski definition) is 1. The smallest absolute Gasteiger partial charge is 0.298 e. The number of rotatable bonds is 5. The molecule has 1 N–H and O–H groups in total. The Hall–Kier alpha value is -4.40. The molecule has 1 aliphatic heterocycles. The van der Waals surface area contributed by atoms with Gasteiger partial charge in [-0.1, -0.05) is 6.07 Å². The average molecular weight is 531 g/mol. The van der Waals surface area contributed by atoms with Gasteiger partial charge in [-0.3, -0.25) is 4.79 Å². The fourth-order valence-electron chi connectivity index (χ4n) is 5.46. The summed E-state index contributed by atoms with van der Waals surface area (Å²) in [5, 5.41) is 3.41. The van der Waals surface area contributed by atoms with E-state index in [9.17, 15) is 13.6 Å². The van der Waals surface area contributed by atoms with E-state index < -0.39 is 5.82 Å². The molecule has 3 aromatic carbocycles. The van der Waals surface area contributed by atoms with Gasteiger partial charge in [0, 0.05) is 62.9 Å². The number of oxazole rings is 1. The molecule has 1 aliphatic rings. The minimum Gasteiger partial charge on any atom is -0.455 e. The summed E-state index contributed by atoms with van der Waals surface area (Å²) in [7, 11) is 5.52. The molecule has 2 aromatic heterocycles. The van der Waals surface area contributed by atoms with E-state index in [1.165, 1.54) is 18.2 Å². The molecule has 9 heteroatoms. The minimum absolute atomic E-state index is 0.0992. The normalized spacial score (nSPS) is 15.7. The number of aromatic nitrogens is 1. The van der Waals surface area contributed by atoms with Gasteiger partial charge in [0.1, 0.15) is 22.7 Å². The van der Waals surface area contributed by atoms with E-state index in [0.29, 0.717) is 46.0 Å². The second-order valence-corrected chi connectivity index (χ2v) is 10.1. The number of nitrogens with one attached hydrogen (secondary N) is 1. The Morgan fingerprint density at radius 2 is 1.87 bits per heavy atom. The molecule has 1 atom stereocenters. The van der Waals surface area contributed by atoms with Crippen molar-refractivity contribution in [2.24, 2.45) is 0 Å². The fraction of sp³-hybridized carbons (Fsp3) is 0.267. The number of hydrogen-bond acceptors (Lipinski definition) is 6. The fourth-order valence-corrected chi connectivity index (χ4v) is 5.46. The van der Waals surface area contributed by atoms with E-state index >= 15 is 0 Å². The van der Waals surface area contributed by atoms with Gasteiger partial charge in [-0.25, -0.2) is 8.78 Å². The van der Waals surface area contributed by atoms with Crippen LogP contribution in [0.5, 0.6) is 0 Å². The quantitative estimate of drug-likeness (QED) is 0.286. The maximum Gasteiger partial charge on any atom is 0.298 e. The zero-order valence-corrected chi connectivity index (χ0v) is 21.9. The third-order valence-corrected chi connectivity index (χ3v) is 7.37. The highest BCUT2D eigenvalue weighted by Crippen LogP contribution is 2.42. The third-order valence-electron chi connectivity index (χ3n) is 7.37. The molecule has 0 bridgehead atoms. The van der Waals surface area contributed by atoms with Crippen LogP contribution in [0.4, 0.5) is 20.5 Å². The molecule has 5 aromatic rings. The standard InChI is InChI=1S/C30H28F2N4O3/c1-33-29(37)26-21-14-20(23(35(2)3)15-25(21)38-28(26)17-9-11-19(31)12-10-17)18-6-5-13-36(16-18)30-34-27-22(32)7-4-8-24(27)39-30/h4,7-12,14-15,18H,5-6,13,16H2,1-3H3,(H,33,37)/t18-/m0/s1.